The van der Waals surface area contributed by atoms with Gasteiger partial charge in [0.1, 0.15) is 0 Å². The lowest BCUT2D eigenvalue weighted by Gasteiger charge is -2.18. The summed E-state index contributed by atoms with van der Waals surface area (Å²) >= 11 is 0. The van der Waals surface area contributed by atoms with Crippen molar-refractivity contribution in [1.82, 2.24) is 0 Å². The van der Waals surface area contributed by atoms with Gasteiger partial charge in [-0.2, -0.15) is 0 Å². The summed E-state index contributed by atoms with van der Waals surface area (Å²) in [5.74, 6) is -1.17. The summed E-state index contributed by atoms with van der Waals surface area (Å²) in [7, 11) is 0. The van der Waals surface area contributed by atoms with E-state index in [1.807, 2.05) is 0 Å². The Labute approximate surface area is 74.8 Å². The Bertz CT molecular complexity index is 296. The molecule has 1 aliphatic rings. The fourth-order valence-corrected chi connectivity index (χ4v) is 0.836. The highest BCUT2D eigenvalue weighted by Gasteiger charge is 2.33. The van der Waals surface area contributed by atoms with Crippen LogP contribution in [-0.2, 0) is 14.3 Å². The van der Waals surface area contributed by atoms with Crippen LogP contribution < -0.4 is 0 Å². The molecule has 0 amide bonds. The van der Waals surface area contributed by atoms with Gasteiger partial charge in [0, 0.05) is 0 Å². The monoisotopic (exact) mass is 180 g/mol. The Balaban J connectivity index is 2.84. The first-order chi connectivity index (χ1) is 6.08. The van der Waals surface area contributed by atoms with Gasteiger partial charge in [-0.25, -0.2) is 4.79 Å². The van der Waals surface area contributed by atoms with Crippen molar-refractivity contribution in [3.63, 3.8) is 0 Å². The summed E-state index contributed by atoms with van der Waals surface area (Å²) in [6.45, 7) is 3.17. The molecule has 4 heteroatoms. The predicted molar refractivity (Wildman–Crippen MR) is 44.5 cm³/mol. The van der Waals surface area contributed by atoms with Crippen LogP contribution in [-0.4, -0.2) is 22.5 Å². The molecule has 0 aromatic carbocycles. The maximum atomic E-state index is 11.1. The van der Waals surface area contributed by atoms with Gasteiger partial charge in [0.15, 0.2) is 5.78 Å². The molecule has 0 heterocycles. The van der Waals surface area contributed by atoms with E-state index < -0.39 is 11.6 Å². The van der Waals surface area contributed by atoms with Crippen molar-refractivity contribution in [1.29, 1.82) is 0 Å². The number of hydrogen-bond acceptors (Lipinski definition) is 4. The molecule has 1 N–H and O–H groups in total. The summed E-state index contributed by atoms with van der Waals surface area (Å²) in [6, 6.07) is 0. The minimum atomic E-state index is -1.85. The molecule has 0 unspecified atom stereocenters. The molecule has 68 valence electrons. The van der Waals surface area contributed by atoms with Gasteiger partial charge in [0.25, 0.3) is 0 Å². The van der Waals surface area contributed by atoms with Crippen molar-refractivity contribution >= 4 is 11.8 Å². The van der Waals surface area contributed by atoms with Gasteiger partial charge in [0.2, 0.25) is 5.60 Å². The first kappa shape index (κ1) is 9.41. The highest BCUT2D eigenvalue weighted by Crippen LogP contribution is 2.15. The minimum absolute atomic E-state index is 0.281. The molecular formula is C9H8O4. The topological polar surface area (TPSA) is 63.6 Å². The van der Waals surface area contributed by atoms with Crippen LogP contribution in [0.3, 0.4) is 0 Å². The maximum absolute atomic E-state index is 11.1. The van der Waals surface area contributed by atoms with E-state index in [4.69, 9.17) is 0 Å². The third kappa shape index (κ3) is 1.91. The number of aliphatic hydroxyl groups is 1. The molecule has 1 aliphatic carbocycles. The van der Waals surface area contributed by atoms with Crippen LogP contribution >= 0.6 is 0 Å². The Morgan fingerprint density at radius 2 is 2.08 bits per heavy atom. The number of carbonyl (C=O) groups excluding carboxylic acids is 2. The average Bonchev–Trinajstić information content (AvgIpc) is 2.11. The van der Waals surface area contributed by atoms with E-state index in [1.54, 1.807) is 0 Å². The van der Waals surface area contributed by atoms with Crippen LogP contribution in [0.2, 0.25) is 0 Å². The molecule has 13 heavy (non-hydrogen) atoms. The zero-order chi connectivity index (χ0) is 9.90. The molecule has 0 bridgehead atoms. The lowest BCUT2D eigenvalue weighted by atomic mass is 9.98. The van der Waals surface area contributed by atoms with Crippen molar-refractivity contribution < 1.29 is 19.4 Å². The summed E-state index contributed by atoms with van der Waals surface area (Å²) in [6.07, 6.45) is 5.26. The fourth-order valence-electron chi connectivity index (χ4n) is 0.836. The quantitative estimate of drug-likeness (QED) is 0.483. The second-order valence-electron chi connectivity index (χ2n) is 2.47. The molecule has 0 atom stereocenters. The fraction of sp³-hybridized carbons (Fsp3) is 0.111. The van der Waals surface area contributed by atoms with E-state index in [0.29, 0.717) is 0 Å². The van der Waals surface area contributed by atoms with E-state index in [9.17, 15) is 14.7 Å². The molecule has 0 aromatic rings. The van der Waals surface area contributed by atoms with Crippen LogP contribution in [0.4, 0.5) is 0 Å². The van der Waals surface area contributed by atoms with E-state index in [2.05, 4.69) is 11.3 Å². The van der Waals surface area contributed by atoms with E-state index in [-0.39, 0.29) is 5.78 Å². The Morgan fingerprint density at radius 1 is 1.54 bits per heavy atom. The number of allylic oxidation sites excluding steroid dienone is 2. The molecule has 0 saturated heterocycles. The number of carbonyl (C=O) groups is 2. The smallest absolute Gasteiger partial charge is 0.351 e. The second-order valence-corrected chi connectivity index (χ2v) is 2.47. The van der Waals surface area contributed by atoms with Gasteiger partial charge in [-0.15, -0.1) is 0 Å². The summed E-state index contributed by atoms with van der Waals surface area (Å²) in [5, 5.41) is 9.54. The van der Waals surface area contributed by atoms with E-state index in [1.165, 1.54) is 0 Å². The number of ketones is 1. The number of rotatable bonds is 2. The van der Waals surface area contributed by atoms with Crippen molar-refractivity contribution in [2.75, 3.05) is 0 Å². The average molecular weight is 180 g/mol. The van der Waals surface area contributed by atoms with Crippen LogP contribution in [0, 0.1) is 0 Å². The molecule has 1 rings (SSSR count). The van der Waals surface area contributed by atoms with Crippen molar-refractivity contribution in [3.8, 4) is 0 Å². The third-order valence-corrected chi connectivity index (χ3v) is 1.52. The lowest BCUT2D eigenvalue weighted by molar-refractivity contribution is -0.150. The second kappa shape index (κ2) is 3.37. The Hall–Kier alpha value is -1.68. The van der Waals surface area contributed by atoms with Crippen molar-refractivity contribution in [2.24, 2.45) is 0 Å². The third-order valence-electron chi connectivity index (χ3n) is 1.52. The molecule has 0 aromatic heterocycles. The standard InChI is InChI=1S/C9H8O4/c1-2-13-8(11)9(12)5-3-7(10)4-6-9/h2-6,12H,1H2. The normalized spacial score (nSPS) is 18.4. The van der Waals surface area contributed by atoms with Crippen LogP contribution in [0.1, 0.15) is 0 Å². The van der Waals surface area contributed by atoms with Gasteiger partial charge < -0.3 is 9.84 Å². The van der Waals surface area contributed by atoms with Gasteiger partial charge in [-0.05, 0) is 24.3 Å². The molecule has 0 spiro atoms. The first-order valence-electron chi connectivity index (χ1n) is 3.55. The molecule has 0 radical (unpaired) electrons. The predicted octanol–water partition coefficient (Wildman–Crippen LogP) is 0.0993. The molecule has 0 aliphatic heterocycles. The van der Waals surface area contributed by atoms with Crippen molar-refractivity contribution in [3.05, 3.63) is 37.1 Å². The Morgan fingerprint density at radius 3 is 2.54 bits per heavy atom. The molecule has 0 fully saturated rings. The van der Waals surface area contributed by atoms with Crippen LogP contribution in [0.15, 0.2) is 37.1 Å². The van der Waals surface area contributed by atoms with Crippen molar-refractivity contribution in [2.45, 2.75) is 5.60 Å². The van der Waals surface area contributed by atoms with Gasteiger partial charge >= 0.3 is 5.97 Å². The molecule has 0 saturated carbocycles. The van der Waals surface area contributed by atoms with Gasteiger partial charge in [-0.3, -0.25) is 4.79 Å². The highest BCUT2D eigenvalue weighted by atomic mass is 16.5. The van der Waals surface area contributed by atoms with Crippen LogP contribution in [0.25, 0.3) is 0 Å². The zero-order valence-electron chi connectivity index (χ0n) is 6.77. The summed E-state index contributed by atoms with van der Waals surface area (Å²) < 4.78 is 4.38. The van der Waals surface area contributed by atoms with E-state index in [0.717, 1.165) is 30.6 Å². The van der Waals surface area contributed by atoms with Gasteiger partial charge in [0.05, 0.1) is 6.26 Å². The first-order valence-corrected chi connectivity index (χ1v) is 3.55. The number of hydrogen-bond donors (Lipinski definition) is 1. The number of ether oxygens (including phenoxy) is 1. The number of esters is 1. The zero-order valence-corrected chi connectivity index (χ0v) is 6.77. The summed E-state index contributed by atoms with van der Waals surface area (Å²) in [4.78, 5) is 21.7. The lowest BCUT2D eigenvalue weighted by Crippen LogP contribution is -2.36. The van der Waals surface area contributed by atoms with Gasteiger partial charge in [-0.1, -0.05) is 6.58 Å². The van der Waals surface area contributed by atoms with E-state index >= 15 is 0 Å². The molecule has 4 nitrogen and oxygen atoms in total. The highest BCUT2D eigenvalue weighted by molar-refractivity contribution is 6.03. The largest absolute Gasteiger partial charge is 0.433 e. The maximum Gasteiger partial charge on any atom is 0.351 e. The summed E-state index contributed by atoms with van der Waals surface area (Å²) in [5.41, 5.74) is -1.85. The SMILES string of the molecule is C=COC(=O)C1(O)C=CC(=O)C=C1. The van der Waals surface area contributed by atoms with Crippen LogP contribution in [0.5, 0.6) is 0 Å². The Kier molecular flexibility index (Phi) is 2.44. The molecular weight excluding hydrogens is 172 g/mol. The minimum Gasteiger partial charge on any atom is -0.433 e.